The first-order chi connectivity index (χ1) is 19.6. The third-order valence-corrected chi connectivity index (χ3v) is 9.94. The maximum atomic E-state index is 4.89. The summed E-state index contributed by atoms with van der Waals surface area (Å²) in [5, 5.41) is 5.97. The molecule has 0 bridgehead atoms. The van der Waals surface area contributed by atoms with Gasteiger partial charge < -0.3 is 9.47 Å². The largest absolute Gasteiger partial charge is 0.349 e. The third-order valence-electron chi connectivity index (χ3n) is 9.94. The van der Waals surface area contributed by atoms with E-state index in [1.54, 1.807) is 0 Å². The SMILES string of the molecule is C=C(C1CCCCC1)N(CC1CCC(c2cc3ccn(C)c3cn2)CC1)c1cccc(-c2cnn(C3CC3)c2)c1. The first-order valence-electron chi connectivity index (χ1n) is 15.6. The molecule has 3 aromatic heterocycles. The number of anilines is 1. The van der Waals surface area contributed by atoms with Crippen LogP contribution in [0.15, 0.2) is 73.5 Å². The Morgan fingerprint density at radius 1 is 0.925 bits per heavy atom. The van der Waals surface area contributed by atoms with E-state index in [1.165, 1.54) is 110 Å². The number of nitrogens with zero attached hydrogens (tertiary/aromatic N) is 5. The van der Waals surface area contributed by atoms with Crippen LogP contribution in [0.1, 0.15) is 88.3 Å². The van der Waals surface area contributed by atoms with Crippen LogP contribution in [0.4, 0.5) is 5.69 Å². The van der Waals surface area contributed by atoms with Gasteiger partial charge in [-0.25, -0.2) is 0 Å². The fourth-order valence-corrected chi connectivity index (χ4v) is 7.23. The second-order valence-corrected chi connectivity index (χ2v) is 12.7. The molecule has 3 heterocycles. The Bertz CT molecular complexity index is 1480. The van der Waals surface area contributed by atoms with Crippen molar-refractivity contribution in [1.29, 1.82) is 0 Å². The summed E-state index contributed by atoms with van der Waals surface area (Å²) in [6.07, 6.45) is 22.5. The van der Waals surface area contributed by atoms with Gasteiger partial charge in [-0.15, -0.1) is 0 Å². The minimum atomic E-state index is 0.571. The van der Waals surface area contributed by atoms with Crippen LogP contribution in [0.5, 0.6) is 0 Å². The van der Waals surface area contributed by atoms with Crippen molar-refractivity contribution in [2.75, 3.05) is 11.4 Å². The first kappa shape index (κ1) is 25.6. The number of pyridine rings is 1. The predicted molar refractivity (Wildman–Crippen MR) is 164 cm³/mol. The topological polar surface area (TPSA) is 38.9 Å². The molecule has 3 aliphatic carbocycles. The van der Waals surface area contributed by atoms with Gasteiger partial charge in [0.1, 0.15) is 0 Å². The Labute approximate surface area is 238 Å². The molecule has 0 atom stereocenters. The van der Waals surface area contributed by atoms with Gasteiger partial charge in [0.25, 0.3) is 0 Å². The Kier molecular flexibility index (Phi) is 6.99. The summed E-state index contributed by atoms with van der Waals surface area (Å²) in [5.41, 5.74) is 7.61. The molecule has 0 radical (unpaired) electrons. The van der Waals surface area contributed by atoms with Gasteiger partial charge in [0, 0.05) is 59.9 Å². The van der Waals surface area contributed by atoms with Crippen LogP contribution in [0.25, 0.3) is 22.0 Å². The lowest BCUT2D eigenvalue weighted by Crippen LogP contribution is -2.34. The van der Waals surface area contributed by atoms with Crippen molar-refractivity contribution in [3.8, 4) is 11.1 Å². The molecular formula is C35H43N5. The smallest absolute Gasteiger partial charge is 0.0664 e. The quantitative estimate of drug-likeness (QED) is 0.227. The summed E-state index contributed by atoms with van der Waals surface area (Å²) in [5.74, 6) is 1.86. The Morgan fingerprint density at radius 2 is 1.75 bits per heavy atom. The van der Waals surface area contributed by atoms with Gasteiger partial charge in [-0.1, -0.05) is 38.0 Å². The van der Waals surface area contributed by atoms with Crippen LogP contribution < -0.4 is 4.90 Å². The molecule has 40 heavy (non-hydrogen) atoms. The zero-order valence-corrected chi connectivity index (χ0v) is 24.0. The van der Waals surface area contributed by atoms with Gasteiger partial charge >= 0.3 is 0 Å². The van der Waals surface area contributed by atoms with E-state index >= 15 is 0 Å². The van der Waals surface area contributed by atoms with Crippen molar-refractivity contribution in [2.24, 2.45) is 18.9 Å². The van der Waals surface area contributed by atoms with Crippen molar-refractivity contribution in [1.82, 2.24) is 19.3 Å². The summed E-state index contributed by atoms with van der Waals surface area (Å²) >= 11 is 0. The lowest BCUT2D eigenvalue weighted by Gasteiger charge is -2.38. The van der Waals surface area contributed by atoms with E-state index in [4.69, 9.17) is 11.6 Å². The van der Waals surface area contributed by atoms with Crippen molar-refractivity contribution in [3.05, 3.63) is 79.2 Å². The van der Waals surface area contributed by atoms with Crippen LogP contribution in [0, 0.1) is 11.8 Å². The third kappa shape index (κ3) is 5.23. The molecule has 0 amide bonds. The zero-order chi connectivity index (χ0) is 27.1. The summed E-state index contributed by atoms with van der Waals surface area (Å²) in [6, 6.07) is 14.3. The van der Waals surface area contributed by atoms with Gasteiger partial charge in [-0.3, -0.25) is 9.67 Å². The highest BCUT2D eigenvalue weighted by atomic mass is 15.3. The molecule has 0 unspecified atom stereocenters. The Balaban J connectivity index is 1.09. The van der Waals surface area contributed by atoms with E-state index in [2.05, 4.69) is 81.3 Å². The normalized spacial score (nSPS) is 22.0. The van der Waals surface area contributed by atoms with E-state index in [0.29, 0.717) is 23.8 Å². The molecule has 5 heteroatoms. The summed E-state index contributed by atoms with van der Waals surface area (Å²) in [4.78, 5) is 7.49. The highest BCUT2D eigenvalue weighted by Gasteiger charge is 2.29. The monoisotopic (exact) mass is 533 g/mol. The lowest BCUT2D eigenvalue weighted by molar-refractivity contribution is 0.321. The van der Waals surface area contributed by atoms with Crippen LogP contribution >= 0.6 is 0 Å². The van der Waals surface area contributed by atoms with E-state index in [1.807, 2.05) is 6.20 Å². The van der Waals surface area contributed by atoms with Crippen molar-refractivity contribution in [3.63, 3.8) is 0 Å². The van der Waals surface area contributed by atoms with Gasteiger partial charge in [-0.2, -0.15) is 5.10 Å². The highest BCUT2D eigenvalue weighted by Crippen LogP contribution is 2.40. The standard InChI is InChI=1S/C35H43N5/c1-25(27-7-4-3-5-8-27)39(33-10-6-9-29(19-33)31-21-37-40(24-31)32-15-16-32)23-26-11-13-28(14-12-26)34-20-30-17-18-38(2)35(30)22-36-34/h6,9-10,17-22,24,26-28,32H,1,3-5,7-8,11-16,23H2,2H3. The molecule has 0 saturated heterocycles. The fourth-order valence-electron chi connectivity index (χ4n) is 7.23. The molecule has 3 fully saturated rings. The van der Waals surface area contributed by atoms with Crippen LogP contribution in [0.2, 0.25) is 0 Å². The molecule has 5 nitrogen and oxygen atoms in total. The van der Waals surface area contributed by atoms with Gasteiger partial charge in [0.2, 0.25) is 0 Å². The van der Waals surface area contributed by atoms with E-state index < -0.39 is 0 Å². The van der Waals surface area contributed by atoms with E-state index in [0.717, 1.165) is 6.54 Å². The summed E-state index contributed by atoms with van der Waals surface area (Å²) in [7, 11) is 2.10. The van der Waals surface area contributed by atoms with Gasteiger partial charge in [0.05, 0.1) is 24.0 Å². The van der Waals surface area contributed by atoms with Crippen molar-refractivity contribution >= 4 is 16.6 Å². The number of rotatable bonds is 8. The summed E-state index contributed by atoms with van der Waals surface area (Å²) < 4.78 is 4.31. The van der Waals surface area contributed by atoms with Crippen LogP contribution in [-0.4, -0.2) is 25.9 Å². The number of allylic oxidation sites excluding steroid dienone is 1. The minimum Gasteiger partial charge on any atom is -0.349 e. The number of hydrogen-bond acceptors (Lipinski definition) is 3. The Morgan fingerprint density at radius 3 is 2.55 bits per heavy atom. The number of benzene rings is 1. The molecule has 3 aliphatic rings. The first-order valence-corrected chi connectivity index (χ1v) is 15.6. The zero-order valence-electron chi connectivity index (χ0n) is 24.0. The molecule has 0 N–H and O–H groups in total. The van der Waals surface area contributed by atoms with Crippen molar-refractivity contribution in [2.45, 2.75) is 82.6 Å². The second-order valence-electron chi connectivity index (χ2n) is 12.7. The van der Waals surface area contributed by atoms with Crippen LogP contribution in [0.3, 0.4) is 0 Å². The molecule has 4 aromatic rings. The number of aryl methyl sites for hydroxylation is 1. The van der Waals surface area contributed by atoms with Crippen LogP contribution in [-0.2, 0) is 7.05 Å². The molecule has 0 aliphatic heterocycles. The molecule has 1 aromatic carbocycles. The lowest BCUT2D eigenvalue weighted by atomic mass is 9.79. The van der Waals surface area contributed by atoms with Gasteiger partial charge in [-0.05, 0) is 93.0 Å². The second kappa shape index (κ2) is 10.9. The maximum Gasteiger partial charge on any atom is 0.0664 e. The average molecular weight is 534 g/mol. The van der Waals surface area contributed by atoms with Crippen molar-refractivity contribution < 1.29 is 0 Å². The minimum absolute atomic E-state index is 0.571. The molecular weight excluding hydrogens is 490 g/mol. The molecule has 0 spiro atoms. The van der Waals surface area contributed by atoms with E-state index in [9.17, 15) is 0 Å². The predicted octanol–water partition coefficient (Wildman–Crippen LogP) is 8.65. The number of hydrogen-bond donors (Lipinski definition) is 0. The average Bonchev–Trinajstić information content (AvgIpc) is 3.62. The molecule has 7 rings (SSSR count). The van der Waals surface area contributed by atoms with E-state index in [-0.39, 0.29) is 0 Å². The number of fused-ring (bicyclic) bond motifs is 1. The van der Waals surface area contributed by atoms with Gasteiger partial charge in [0.15, 0.2) is 0 Å². The molecule has 208 valence electrons. The Hall–Kier alpha value is -3.34. The maximum absolute atomic E-state index is 4.89. The molecule has 3 saturated carbocycles. The number of aromatic nitrogens is 4. The fraction of sp³-hybridized carbons (Fsp3) is 0.486. The highest BCUT2D eigenvalue weighted by molar-refractivity contribution is 5.79. The summed E-state index contributed by atoms with van der Waals surface area (Å²) in [6.45, 7) is 5.82.